The number of sulfonamides is 1. The first-order valence-electron chi connectivity index (χ1n) is 14.2. The molecule has 0 saturated carbocycles. The summed E-state index contributed by atoms with van der Waals surface area (Å²) in [5, 5.41) is 2.99. The molecule has 0 fully saturated rings. The van der Waals surface area contributed by atoms with Crippen molar-refractivity contribution in [3.63, 3.8) is 0 Å². The maximum absolute atomic E-state index is 14.2. The fraction of sp³-hybridized carbons (Fsp3) is 0.394. The van der Waals surface area contributed by atoms with Gasteiger partial charge in [-0.05, 0) is 52.8 Å². The highest BCUT2D eigenvalue weighted by atomic mass is 32.2. The molecule has 2 amide bonds. The van der Waals surface area contributed by atoms with Crippen LogP contribution in [0.2, 0.25) is 0 Å². The van der Waals surface area contributed by atoms with Gasteiger partial charge in [0.2, 0.25) is 21.8 Å². The molecule has 0 spiro atoms. The third-order valence-electron chi connectivity index (χ3n) is 6.97. The first-order chi connectivity index (χ1) is 19.9. The van der Waals surface area contributed by atoms with Crippen molar-refractivity contribution in [3.05, 3.63) is 95.6 Å². The molecule has 3 rings (SSSR count). The van der Waals surface area contributed by atoms with Gasteiger partial charge in [0.05, 0.1) is 19.1 Å². The molecule has 0 radical (unpaired) electrons. The summed E-state index contributed by atoms with van der Waals surface area (Å²) in [6.45, 7) is 8.20. The van der Waals surface area contributed by atoms with Gasteiger partial charge in [-0.25, -0.2) is 8.42 Å². The summed E-state index contributed by atoms with van der Waals surface area (Å²) < 4.78 is 32.5. The summed E-state index contributed by atoms with van der Waals surface area (Å²) in [4.78, 5) is 29.4. The molecule has 3 aromatic rings. The Bertz CT molecular complexity index is 1420. The van der Waals surface area contributed by atoms with Gasteiger partial charge in [0.1, 0.15) is 18.3 Å². The highest BCUT2D eigenvalue weighted by Crippen LogP contribution is 2.24. The molecular formula is C33H43N3O5S. The summed E-state index contributed by atoms with van der Waals surface area (Å²) in [5.41, 5.74) is 3.09. The first-order valence-corrected chi connectivity index (χ1v) is 16.1. The van der Waals surface area contributed by atoms with E-state index >= 15 is 0 Å². The van der Waals surface area contributed by atoms with Gasteiger partial charge in [-0.1, -0.05) is 82.3 Å². The van der Waals surface area contributed by atoms with Gasteiger partial charge in [-0.3, -0.25) is 13.9 Å². The highest BCUT2D eigenvalue weighted by Gasteiger charge is 2.33. The van der Waals surface area contributed by atoms with E-state index in [0.717, 1.165) is 27.3 Å². The number of amides is 2. The van der Waals surface area contributed by atoms with Crippen molar-refractivity contribution in [1.82, 2.24) is 10.2 Å². The molecule has 42 heavy (non-hydrogen) atoms. The standard InChI is InChI=1S/C33H43N3O5S/c1-24(2)21-34-33(38)31(20-26-11-8-7-9-12-26)35(22-27-13-10-14-30(19-27)41-5)32(37)23-36(42(6,39)40)29-17-15-28(16-18-29)25(3)4/h7-19,24-25,31H,20-23H2,1-6H3,(H,34,38)/t31-/m0/s1. The number of carbonyl (C=O) groups excluding carboxylic acids is 2. The summed E-state index contributed by atoms with van der Waals surface area (Å²) >= 11 is 0. The van der Waals surface area contributed by atoms with Gasteiger partial charge < -0.3 is 15.0 Å². The topological polar surface area (TPSA) is 96.0 Å². The molecule has 0 saturated heterocycles. The van der Waals surface area contributed by atoms with Crippen molar-refractivity contribution >= 4 is 27.5 Å². The average molecular weight is 594 g/mol. The second kappa shape index (κ2) is 14.9. The molecule has 0 aliphatic carbocycles. The van der Waals surface area contributed by atoms with Gasteiger partial charge in [-0.15, -0.1) is 0 Å². The van der Waals surface area contributed by atoms with Crippen LogP contribution in [0, 0.1) is 5.92 Å². The summed E-state index contributed by atoms with van der Waals surface area (Å²) in [7, 11) is -2.26. The molecule has 0 unspecified atom stereocenters. The van der Waals surface area contributed by atoms with Gasteiger partial charge in [-0.2, -0.15) is 0 Å². The smallest absolute Gasteiger partial charge is 0.244 e. The maximum Gasteiger partial charge on any atom is 0.244 e. The van der Waals surface area contributed by atoms with E-state index in [-0.39, 0.29) is 30.7 Å². The SMILES string of the molecule is COc1cccc(CN(C(=O)CN(c2ccc(C(C)C)cc2)S(C)(=O)=O)[C@@H](Cc2ccccc2)C(=O)NCC(C)C)c1. The number of ether oxygens (including phenoxy) is 1. The van der Waals surface area contributed by atoms with Gasteiger partial charge in [0.15, 0.2) is 0 Å². The molecule has 0 aliphatic rings. The number of carbonyl (C=O) groups is 2. The Morgan fingerprint density at radius 3 is 2.10 bits per heavy atom. The monoisotopic (exact) mass is 593 g/mol. The lowest BCUT2D eigenvalue weighted by atomic mass is 10.0. The Morgan fingerprint density at radius 1 is 0.881 bits per heavy atom. The van der Waals surface area contributed by atoms with E-state index in [1.54, 1.807) is 25.3 Å². The first kappa shape index (κ1) is 32.7. The minimum Gasteiger partial charge on any atom is -0.497 e. The minimum absolute atomic E-state index is 0.0898. The Balaban J connectivity index is 2.05. The van der Waals surface area contributed by atoms with E-state index in [2.05, 4.69) is 19.2 Å². The Morgan fingerprint density at radius 2 is 1.52 bits per heavy atom. The van der Waals surface area contributed by atoms with Crippen LogP contribution in [0.25, 0.3) is 0 Å². The molecule has 0 aliphatic heterocycles. The van der Waals surface area contributed by atoms with Crippen molar-refractivity contribution in [2.75, 3.05) is 30.8 Å². The number of hydrogen-bond acceptors (Lipinski definition) is 5. The second-order valence-corrected chi connectivity index (χ2v) is 13.1. The average Bonchev–Trinajstić information content (AvgIpc) is 2.96. The molecule has 0 heterocycles. The van der Waals surface area contributed by atoms with Crippen molar-refractivity contribution in [1.29, 1.82) is 0 Å². The number of hydrogen-bond donors (Lipinski definition) is 1. The van der Waals surface area contributed by atoms with Crippen molar-refractivity contribution in [2.45, 2.75) is 52.6 Å². The molecule has 3 aromatic carbocycles. The van der Waals surface area contributed by atoms with Crippen molar-refractivity contribution in [3.8, 4) is 5.75 Å². The second-order valence-electron chi connectivity index (χ2n) is 11.2. The Kier molecular flexibility index (Phi) is 11.6. The third-order valence-corrected chi connectivity index (χ3v) is 8.11. The molecule has 1 atom stereocenters. The van der Waals surface area contributed by atoms with Gasteiger partial charge in [0, 0.05) is 19.5 Å². The van der Waals surface area contributed by atoms with E-state index in [1.807, 2.05) is 74.5 Å². The summed E-state index contributed by atoms with van der Waals surface area (Å²) in [5.74, 6) is 0.316. The predicted molar refractivity (Wildman–Crippen MR) is 168 cm³/mol. The van der Waals surface area contributed by atoms with Crippen LogP contribution < -0.4 is 14.4 Å². The molecule has 9 heteroatoms. The number of nitrogens with zero attached hydrogens (tertiary/aromatic N) is 2. The number of benzene rings is 3. The van der Waals surface area contributed by atoms with E-state index in [1.165, 1.54) is 4.90 Å². The van der Waals surface area contributed by atoms with Crippen LogP contribution in [0.1, 0.15) is 50.3 Å². The largest absolute Gasteiger partial charge is 0.497 e. The van der Waals surface area contributed by atoms with E-state index in [9.17, 15) is 18.0 Å². The third kappa shape index (κ3) is 9.34. The highest BCUT2D eigenvalue weighted by molar-refractivity contribution is 7.92. The number of methoxy groups -OCH3 is 1. The van der Waals surface area contributed by atoms with Crippen molar-refractivity contribution in [2.24, 2.45) is 5.92 Å². The molecule has 0 bridgehead atoms. The number of rotatable bonds is 14. The quantitative estimate of drug-likeness (QED) is 0.284. The Hall–Kier alpha value is -3.85. The number of nitrogens with one attached hydrogen (secondary N) is 1. The maximum atomic E-state index is 14.2. The summed E-state index contributed by atoms with van der Waals surface area (Å²) in [6.07, 6.45) is 1.35. The zero-order chi connectivity index (χ0) is 30.9. The van der Waals surface area contributed by atoms with E-state index < -0.39 is 28.5 Å². The van der Waals surface area contributed by atoms with Crippen LogP contribution in [-0.2, 0) is 32.6 Å². The zero-order valence-electron chi connectivity index (χ0n) is 25.4. The lowest BCUT2D eigenvalue weighted by molar-refractivity contribution is -0.140. The fourth-order valence-electron chi connectivity index (χ4n) is 4.58. The minimum atomic E-state index is -3.82. The van der Waals surface area contributed by atoms with Crippen molar-refractivity contribution < 1.29 is 22.7 Å². The normalized spacial score (nSPS) is 12.2. The van der Waals surface area contributed by atoms with E-state index in [4.69, 9.17) is 4.74 Å². The van der Waals surface area contributed by atoms with Crippen LogP contribution in [0.3, 0.4) is 0 Å². The Labute approximate surface area is 250 Å². The molecular weight excluding hydrogens is 550 g/mol. The van der Waals surface area contributed by atoms with Gasteiger partial charge >= 0.3 is 0 Å². The molecule has 8 nitrogen and oxygen atoms in total. The van der Waals surface area contributed by atoms with Crippen LogP contribution in [-0.4, -0.2) is 57.6 Å². The lowest BCUT2D eigenvalue weighted by Gasteiger charge is -2.33. The van der Waals surface area contributed by atoms with Crippen LogP contribution in [0.5, 0.6) is 5.75 Å². The molecule has 0 aromatic heterocycles. The zero-order valence-corrected chi connectivity index (χ0v) is 26.2. The van der Waals surface area contributed by atoms with Crippen LogP contribution >= 0.6 is 0 Å². The van der Waals surface area contributed by atoms with E-state index in [0.29, 0.717) is 18.0 Å². The summed E-state index contributed by atoms with van der Waals surface area (Å²) in [6, 6.07) is 23.1. The molecule has 1 N–H and O–H groups in total. The van der Waals surface area contributed by atoms with Crippen LogP contribution in [0.15, 0.2) is 78.9 Å². The van der Waals surface area contributed by atoms with Crippen LogP contribution in [0.4, 0.5) is 5.69 Å². The predicted octanol–water partition coefficient (Wildman–Crippen LogP) is 5.00. The molecule has 226 valence electrons. The number of anilines is 1. The lowest BCUT2D eigenvalue weighted by Crippen LogP contribution is -2.53. The fourth-order valence-corrected chi connectivity index (χ4v) is 5.43. The van der Waals surface area contributed by atoms with Gasteiger partial charge in [0.25, 0.3) is 0 Å².